The highest BCUT2D eigenvalue weighted by atomic mass is 127. The van der Waals surface area contributed by atoms with Crippen molar-refractivity contribution in [1.29, 1.82) is 0 Å². The van der Waals surface area contributed by atoms with Crippen LogP contribution in [0.5, 0.6) is 0 Å². The Labute approximate surface area is 69.1 Å². The van der Waals surface area contributed by atoms with Crippen molar-refractivity contribution in [3.05, 3.63) is 0 Å². The second kappa shape index (κ2) is 1.75. The Balaban J connectivity index is 2.55. The molecule has 0 aromatic carbocycles. The van der Waals surface area contributed by atoms with Gasteiger partial charge < -0.3 is 0 Å². The zero-order valence-corrected chi connectivity index (χ0v) is 8.08. The van der Waals surface area contributed by atoms with E-state index in [1.165, 1.54) is 12.8 Å². The summed E-state index contributed by atoms with van der Waals surface area (Å²) in [7, 11) is 0. The number of halogens is 2. The van der Waals surface area contributed by atoms with Gasteiger partial charge in [0, 0.05) is 0 Å². The molecule has 0 saturated heterocycles. The lowest BCUT2D eigenvalue weighted by atomic mass is 10.1. The van der Waals surface area contributed by atoms with Gasteiger partial charge in [-0.2, -0.15) is 0 Å². The molecular formula is C6H10ClI. The molecule has 48 valence electrons. The summed E-state index contributed by atoms with van der Waals surface area (Å²) in [5, 5.41) is 0. The van der Waals surface area contributed by atoms with Crippen LogP contribution in [0.3, 0.4) is 0 Å². The molecule has 1 saturated carbocycles. The van der Waals surface area contributed by atoms with E-state index in [0.717, 1.165) is 0 Å². The second-order valence-corrected chi connectivity index (χ2v) is 5.92. The van der Waals surface area contributed by atoms with E-state index in [1.54, 1.807) is 0 Å². The van der Waals surface area contributed by atoms with Gasteiger partial charge in [0.2, 0.25) is 0 Å². The molecule has 0 aliphatic heterocycles. The van der Waals surface area contributed by atoms with E-state index in [4.69, 9.17) is 11.6 Å². The van der Waals surface area contributed by atoms with E-state index < -0.39 is 0 Å². The Morgan fingerprint density at radius 3 is 2.12 bits per heavy atom. The molecule has 0 aromatic heterocycles. The fourth-order valence-electron chi connectivity index (χ4n) is 0.829. The molecular weight excluding hydrogens is 234 g/mol. The fraction of sp³-hybridized carbons (Fsp3) is 1.00. The number of rotatable bonds is 1. The van der Waals surface area contributed by atoms with Crippen molar-refractivity contribution in [2.75, 3.05) is 0 Å². The van der Waals surface area contributed by atoms with Crippen LogP contribution in [-0.4, -0.2) is 2.88 Å². The first-order valence-electron chi connectivity index (χ1n) is 2.90. The lowest BCUT2D eigenvalue weighted by Gasteiger charge is -2.05. The van der Waals surface area contributed by atoms with Crippen molar-refractivity contribution in [2.45, 2.75) is 29.6 Å². The summed E-state index contributed by atoms with van der Waals surface area (Å²) in [6.45, 7) is 4.44. The van der Waals surface area contributed by atoms with Crippen molar-refractivity contribution in [3.63, 3.8) is 0 Å². The van der Waals surface area contributed by atoms with Crippen molar-refractivity contribution >= 4 is 34.2 Å². The summed E-state index contributed by atoms with van der Waals surface area (Å²) in [5.41, 5.74) is 0.440. The molecule has 1 aliphatic carbocycles. The maximum atomic E-state index is 6.04. The van der Waals surface area contributed by atoms with E-state index in [-0.39, 0.29) is 2.88 Å². The average Bonchev–Trinajstić information content (AvgIpc) is 2.10. The van der Waals surface area contributed by atoms with E-state index in [0.29, 0.717) is 5.41 Å². The Kier molecular flexibility index (Phi) is 1.56. The van der Waals surface area contributed by atoms with Crippen molar-refractivity contribution in [2.24, 2.45) is 5.41 Å². The first-order valence-corrected chi connectivity index (χ1v) is 4.35. The zero-order valence-electron chi connectivity index (χ0n) is 5.17. The maximum absolute atomic E-state index is 6.04. The second-order valence-electron chi connectivity index (χ2n) is 2.80. The Morgan fingerprint density at radius 1 is 1.75 bits per heavy atom. The fourth-order valence-corrected chi connectivity index (χ4v) is 2.48. The molecule has 1 rings (SSSR count). The molecule has 2 heteroatoms. The summed E-state index contributed by atoms with van der Waals surface area (Å²) < 4.78 is 0.0967. The van der Waals surface area contributed by atoms with Crippen molar-refractivity contribution in [3.8, 4) is 0 Å². The van der Waals surface area contributed by atoms with E-state index in [1.807, 2.05) is 0 Å². The molecule has 0 heterocycles. The van der Waals surface area contributed by atoms with Crippen LogP contribution < -0.4 is 0 Å². The van der Waals surface area contributed by atoms with E-state index in [2.05, 4.69) is 36.4 Å². The standard InChI is InChI=1S/C6H10ClI/c1-3-5(2)4-6(5,7)8/h3-4H2,1-2H3/t5-,6?/m0/s1. The van der Waals surface area contributed by atoms with Crippen molar-refractivity contribution in [1.82, 2.24) is 0 Å². The molecule has 1 fully saturated rings. The minimum absolute atomic E-state index is 0.0967. The van der Waals surface area contributed by atoms with Crippen molar-refractivity contribution < 1.29 is 0 Å². The zero-order chi connectivity index (χ0) is 6.41. The van der Waals surface area contributed by atoms with Crippen LogP contribution >= 0.6 is 34.2 Å². The predicted molar refractivity (Wildman–Crippen MR) is 45.6 cm³/mol. The van der Waals surface area contributed by atoms with Gasteiger partial charge in [-0.1, -0.05) is 36.4 Å². The minimum atomic E-state index is 0.0967. The number of hydrogen-bond donors (Lipinski definition) is 0. The van der Waals surface area contributed by atoms with Gasteiger partial charge >= 0.3 is 0 Å². The molecule has 0 aromatic rings. The molecule has 1 unspecified atom stereocenters. The van der Waals surface area contributed by atoms with Crippen LogP contribution in [0.4, 0.5) is 0 Å². The van der Waals surface area contributed by atoms with Crippen LogP contribution in [0.15, 0.2) is 0 Å². The number of hydrogen-bond acceptors (Lipinski definition) is 0. The van der Waals surface area contributed by atoms with E-state index >= 15 is 0 Å². The van der Waals surface area contributed by atoms with Gasteiger partial charge in [-0.3, -0.25) is 0 Å². The minimum Gasteiger partial charge on any atom is -0.107 e. The molecule has 1 aliphatic rings. The van der Waals surface area contributed by atoms with E-state index in [9.17, 15) is 0 Å². The highest BCUT2D eigenvalue weighted by Crippen LogP contribution is 2.66. The summed E-state index contributed by atoms with van der Waals surface area (Å²) in [5.74, 6) is 0. The summed E-state index contributed by atoms with van der Waals surface area (Å²) in [4.78, 5) is 0. The monoisotopic (exact) mass is 244 g/mol. The molecule has 0 bridgehead atoms. The highest BCUT2D eigenvalue weighted by Gasteiger charge is 2.60. The first-order chi connectivity index (χ1) is 3.52. The molecule has 2 atom stereocenters. The quantitative estimate of drug-likeness (QED) is 0.491. The van der Waals surface area contributed by atoms with Gasteiger partial charge in [-0.05, 0) is 18.3 Å². The lowest BCUT2D eigenvalue weighted by Crippen LogP contribution is -2.00. The van der Waals surface area contributed by atoms with Gasteiger partial charge in [0.15, 0.2) is 0 Å². The molecule has 0 nitrogen and oxygen atoms in total. The molecule has 0 N–H and O–H groups in total. The first kappa shape index (κ1) is 7.13. The van der Waals surface area contributed by atoms with Gasteiger partial charge in [0.1, 0.15) is 2.88 Å². The van der Waals surface area contributed by atoms with Gasteiger partial charge in [0.25, 0.3) is 0 Å². The van der Waals surface area contributed by atoms with Crippen LogP contribution in [0, 0.1) is 5.41 Å². The average molecular weight is 245 g/mol. The number of alkyl halides is 2. The topological polar surface area (TPSA) is 0 Å². The predicted octanol–water partition coefficient (Wildman–Crippen LogP) is 3.18. The summed E-state index contributed by atoms with van der Waals surface area (Å²) in [6, 6.07) is 0. The Bertz CT molecular complexity index is 111. The van der Waals surface area contributed by atoms with Crippen LogP contribution in [0.2, 0.25) is 0 Å². The van der Waals surface area contributed by atoms with Gasteiger partial charge in [-0.25, -0.2) is 0 Å². The molecule has 8 heavy (non-hydrogen) atoms. The maximum Gasteiger partial charge on any atom is 0.102 e. The molecule has 0 radical (unpaired) electrons. The molecule has 0 spiro atoms. The van der Waals surface area contributed by atoms with Gasteiger partial charge in [-0.15, -0.1) is 11.6 Å². The lowest BCUT2D eigenvalue weighted by molar-refractivity contribution is 0.549. The molecule has 0 amide bonds. The van der Waals surface area contributed by atoms with Crippen LogP contribution in [0.25, 0.3) is 0 Å². The summed E-state index contributed by atoms with van der Waals surface area (Å²) >= 11 is 8.37. The largest absolute Gasteiger partial charge is 0.107 e. The van der Waals surface area contributed by atoms with Crippen LogP contribution in [0.1, 0.15) is 26.7 Å². The smallest absolute Gasteiger partial charge is 0.102 e. The van der Waals surface area contributed by atoms with Gasteiger partial charge in [0.05, 0.1) is 0 Å². The Morgan fingerprint density at radius 2 is 2.12 bits per heavy atom. The normalized spacial score (nSPS) is 54.0. The third-order valence-corrected chi connectivity index (χ3v) is 4.42. The SMILES string of the molecule is CC[C@@]1(C)CC1(Cl)I. The highest BCUT2D eigenvalue weighted by molar-refractivity contribution is 14.1. The third kappa shape index (κ3) is 0.878. The third-order valence-electron chi connectivity index (χ3n) is 2.15. The Hall–Kier alpha value is 1.02. The van der Waals surface area contributed by atoms with Crippen LogP contribution in [-0.2, 0) is 0 Å². The summed E-state index contributed by atoms with van der Waals surface area (Å²) in [6.07, 6.45) is 2.39.